The highest BCUT2D eigenvalue weighted by molar-refractivity contribution is 7.90. The van der Waals surface area contributed by atoms with Gasteiger partial charge in [0.25, 0.3) is 10.0 Å². The highest BCUT2D eigenvalue weighted by Crippen LogP contribution is 2.48. The number of carbonyl (C=O) groups is 1. The fourth-order valence-corrected chi connectivity index (χ4v) is 9.32. The first kappa shape index (κ1) is 28.2. The van der Waals surface area contributed by atoms with Crippen molar-refractivity contribution in [1.82, 2.24) is 4.72 Å². The lowest BCUT2D eigenvalue weighted by Gasteiger charge is -2.45. The molecule has 0 radical (unpaired) electrons. The number of sulfonamides is 1. The number of benzene rings is 2. The molecule has 2 aromatic rings. The molecule has 2 aromatic carbocycles. The van der Waals surface area contributed by atoms with Gasteiger partial charge in [0.1, 0.15) is 5.75 Å². The molecular weight excluding hydrogens is 572 g/mol. The van der Waals surface area contributed by atoms with Crippen molar-refractivity contribution in [2.24, 2.45) is 17.3 Å². The number of aliphatic hydroxyl groups excluding tert-OH is 1. The van der Waals surface area contributed by atoms with E-state index in [2.05, 4.69) is 21.8 Å². The van der Waals surface area contributed by atoms with E-state index in [9.17, 15) is 18.3 Å². The van der Waals surface area contributed by atoms with Crippen LogP contribution in [0.3, 0.4) is 0 Å². The minimum atomic E-state index is -4.08. The van der Waals surface area contributed by atoms with Crippen molar-refractivity contribution in [3.05, 3.63) is 64.7 Å². The van der Waals surface area contributed by atoms with Crippen molar-refractivity contribution >= 4 is 33.2 Å². The smallest absolute Gasteiger partial charge is 0.264 e. The van der Waals surface area contributed by atoms with E-state index in [1.165, 1.54) is 11.1 Å². The number of hydrogen-bond donors (Lipinski definition) is 2. The zero-order chi connectivity index (χ0) is 29.1. The fourth-order valence-electron chi connectivity index (χ4n) is 8.04. The number of halogens is 1. The monoisotopic (exact) mass is 610 g/mol. The highest BCUT2D eigenvalue weighted by Gasteiger charge is 2.46. The van der Waals surface area contributed by atoms with Gasteiger partial charge < -0.3 is 14.7 Å². The van der Waals surface area contributed by atoms with Gasteiger partial charge in [-0.2, -0.15) is 0 Å². The summed E-state index contributed by atoms with van der Waals surface area (Å²) < 4.78 is 36.2. The maximum absolute atomic E-state index is 13.6. The second kappa shape index (κ2) is 10.6. The van der Waals surface area contributed by atoms with E-state index in [0.717, 1.165) is 49.2 Å². The van der Waals surface area contributed by atoms with Crippen molar-refractivity contribution in [2.75, 3.05) is 24.6 Å². The SMILES string of the molecule is O=C1NS(=O)(=O)c2ccc3c(c2)N(C[C@@H]2CC[C@H]2[C@@H](O)/C=C/CCC12CCC2)C[C@@]1(CCCc2cc(Cl)ccc21)CO3. The Bertz CT molecular complexity index is 1540. The third-order valence-corrected chi connectivity index (χ3v) is 12.4. The molecule has 5 aliphatic rings. The van der Waals surface area contributed by atoms with Gasteiger partial charge in [-0.25, -0.2) is 13.1 Å². The summed E-state index contributed by atoms with van der Waals surface area (Å²) in [6.45, 7) is 1.84. The first-order valence-corrected chi connectivity index (χ1v) is 17.3. The molecule has 7 nitrogen and oxygen atoms in total. The summed E-state index contributed by atoms with van der Waals surface area (Å²) in [4.78, 5) is 15.7. The quantitative estimate of drug-likeness (QED) is 0.381. The van der Waals surface area contributed by atoms with Gasteiger partial charge in [-0.3, -0.25) is 4.79 Å². The van der Waals surface area contributed by atoms with E-state index < -0.39 is 27.4 Å². The average Bonchev–Trinajstić information content (AvgIpc) is 3.06. The van der Waals surface area contributed by atoms with Crippen molar-refractivity contribution in [3.63, 3.8) is 0 Å². The summed E-state index contributed by atoms with van der Waals surface area (Å²) in [5, 5.41) is 11.9. The summed E-state index contributed by atoms with van der Waals surface area (Å²) in [5.74, 6) is 0.634. The van der Waals surface area contributed by atoms with Gasteiger partial charge in [0, 0.05) is 23.5 Å². The zero-order valence-electron chi connectivity index (χ0n) is 23.9. The lowest BCUT2D eigenvalue weighted by atomic mass is 9.65. The summed E-state index contributed by atoms with van der Waals surface area (Å²) in [5.41, 5.74) is 2.26. The number of ether oxygens (including phenoxy) is 1. The van der Waals surface area contributed by atoms with Crippen LogP contribution in [0, 0.1) is 17.3 Å². The molecule has 2 bridgehead atoms. The molecule has 7 rings (SSSR count). The topological polar surface area (TPSA) is 95.9 Å². The first-order valence-electron chi connectivity index (χ1n) is 15.4. The van der Waals surface area contributed by atoms with Gasteiger partial charge in [-0.05, 0) is 111 Å². The summed E-state index contributed by atoms with van der Waals surface area (Å²) in [6.07, 6.45) is 11.7. The van der Waals surface area contributed by atoms with Gasteiger partial charge in [-0.1, -0.05) is 36.2 Å². The largest absolute Gasteiger partial charge is 0.490 e. The molecule has 0 unspecified atom stereocenters. The maximum Gasteiger partial charge on any atom is 0.264 e. The lowest BCUT2D eigenvalue weighted by molar-refractivity contribution is -0.134. The van der Waals surface area contributed by atoms with E-state index >= 15 is 0 Å². The number of aryl methyl sites for hydroxylation is 1. The number of hydrogen-bond acceptors (Lipinski definition) is 6. The van der Waals surface area contributed by atoms with E-state index in [0.29, 0.717) is 51.1 Å². The number of allylic oxidation sites excluding steroid dienone is 1. The molecular formula is C33H39ClN2O5S. The van der Waals surface area contributed by atoms with Gasteiger partial charge in [0.2, 0.25) is 5.91 Å². The fraction of sp³-hybridized carbons (Fsp3) is 0.545. The number of aliphatic hydroxyl groups is 1. The van der Waals surface area contributed by atoms with Crippen LogP contribution in [-0.4, -0.2) is 45.2 Å². The van der Waals surface area contributed by atoms with Crippen LogP contribution in [0.2, 0.25) is 5.02 Å². The second-order valence-electron chi connectivity index (χ2n) is 13.3. The lowest BCUT2D eigenvalue weighted by Crippen LogP contribution is -2.49. The molecule has 1 amide bonds. The molecule has 0 saturated heterocycles. The maximum atomic E-state index is 13.6. The van der Waals surface area contributed by atoms with E-state index in [1.54, 1.807) is 18.2 Å². The molecule has 2 N–H and O–H groups in total. The van der Waals surface area contributed by atoms with Crippen LogP contribution < -0.4 is 14.4 Å². The number of rotatable bonds is 0. The first-order chi connectivity index (χ1) is 20.2. The van der Waals surface area contributed by atoms with E-state index in [1.807, 2.05) is 18.2 Å². The Kier molecular flexibility index (Phi) is 7.10. The van der Waals surface area contributed by atoms with Crippen LogP contribution in [-0.2, 0) is 26.7 Å². The number of fused-ring (bicyclic) bond motifs is 4. The minimum Gasteiger partial charge on any atom is -0.490 e. The zero-order valence-corrected chi connectivity index (χ0v) is 25.4. The predicted octanol–water partition coefficient (Wildman–Crippen LogP) is 5.53. The molecule has 42 heavy (non-hydrogen) atoms. The molecule has 2 saturated carbocycles. The van der Waals surface area contributed by atoms with Crippen molar-refractivity contribution in [1.29, 1.82) is 0 Å². The van der Waals surface area contributed by atoms with Crippen LogP contribution >= 0.6 is 11.6 Å². The molecule has 3 aliphatic carbocycles. The molecule has 2 fully saturated rings. The van der Waals surface area contributed by atoms with Gasteiger partial charge in [0.15, 0.2) is 0 Å². The molecule has 4 atom stereocenters. The minimum absolute atomic E-state index is 0.0710. The van der Waals surface area contributed by atoms with Gasteiger partial charge in [-0.15, -0.1) is 0 Å². The van der Waals surface area contributed by atoms with Crippen LogP contribution in [0.25, 0.3) is 0 Å². The Hall–Kier alpha value is -2.55. The van der Waals surface area contributed by atoms with Crippen LogP contribution in [0.5, 0.6) is 5.75 Å². The number of nitrogens with zero attached hydrogens (tertiary/aromatic N) is 1. The Morgan fingerprint density at radius 2 is 1.86 bits per heavy atom. The van der Waals surface area contributed by atoms with Crippen molar-refractivity contribution in [3.8, 4) is 5.75 Å². The van der Waals surface area contributed by atoms with Crippen LogP contribution in [0.15, 0.2) is 53.4 Å². The van der Waals surface area contributed by atoms with Gasteiger partial charge in [0.05, 0.1) is 28.7 Å². The van der Waals surface area contributed by atoms with E-state index in [-0.39, 0.29) is 22.1 Å². The van der Waals surface area contributed by atoms with Crippen LogP contribution in [0.1, 0.15) is 68.9 Å². The molecule has 2 heterocycles. The van der Waals surface area contributed by atoms with Crippen molar-refractivity contribution in [2.45, 2.75) is 80.6 Å². The van der Waals surface area contributed by atoms with Crippen molar-refractivity contribution < 1.29 is 23.1 Å². The predicted molar refractivity (Wildman–Crippen MR) is 162 cm³/mol. The molecule has 9 heteroatoms. The Balaban J connectivity index is 1.31. The standard InChI is InChI=1S/C33H39ClN2O5S/c34-24-8-11-27-22(17-24)5-3-14-33(27)20-36-19-23-7-10-26(23)29(37)6-1-2-13-32(15-4-16-32)31(38)35-42(39,40)25-9-12-30(41-21-33)28(36)18-25/h1,6,8-9,11-12,17-18,23,26,29,37H,2-5,7,10,13-16,19-21H2,(H,35,38)/b6-1+/t23-,26+,29-,33-/m0/s1. The average molecular weight is 611 g/mol. The third kappa shape index (κ3) is 4.83. The van der Waals surface area contributed by atoms with E-state index in [4.69, 9.17) is 16.3 Å². The number of nitrogens with one attached hydrogen (secondary N) is 1. The molecule has 2 spiro atoms. The Labute approximate surface area is 253 Å². The van der Waals surface area contributed by atoms with Crippen LogP contribution in [0.4, 0.5) is 5.69 Å². The molecule has 224 valence electrons. The Morgan fingerprint density at radius 1 is 1.02 bits per heavy atom. The molecule has 0 aromatic heterocycles. The number of amides is 1. The number of carbonyl (C=O) groups excluding carboxylic acids is 1. The summed E-state index contributed by atoms with van der Waals surface area (Å²) >= 11 is 6.39. The Morgan fingerprint density at radius 3 is 2.62 bits per heavy atom. The summed E-state index contributed by atoms with van der Waals surface area (Å²) in [6, 6.07) is 11.1. The molecule has 2 aliphatic heterocycles. The highest BCUT2D eigenvalue weighted by atomic mass is 35.5. The normalized spacial score (nSPS) is 32.3. The summed E-state index contributed by atoms with van der Waals surface area (Å²) in [7, 11) is -4.08. The van der Waals surface area contributed by atoms with Gasteiger partial charge >= 0.3 is 0 Å². The second-order valence-corrected chi connectivity index (χ2v) is 15.4. The third-order valence-electron chi connectivity index (χ3n) is 10.8. The number of anilines is 1.